The number of para-hydroxylation sites is 1. The molecule has 4 heterocycles. The van der Waals surface area contributed by atoms with Gasteiger partial charge in [-0.2, -0.15) is 0 Å². The molecule has 0 amide bonds. The molecule has 8 nitrogen and oxygen atoms in total. The number of fused-ring (bicyclic) bond motifs is 1. The predicted octanol–water partition coefficient (Wildman–Crippen LogP) is 4.76. The Kier molecular flexibility index (Phi) is 7.41. The van der Waals surface area contributed by atoms with Gasteiger partial charge in [-0.3, -0.25) is 4.90 Å². The average molecular weight is 579 g/mol. The molecule has 200 valence electrons. The Balaban J connectivity index is 1.14. The zero-order valence-corrected chi connectivity index (χ0v) is 23.7. The third kappa shape index (κ3) is 5.19. The maximum absolute atomic E-state index is 5.80. The van der Waals surface area contributed by atoms with Crippen molar-refractivity contribution in [2.24, 2.45) is 0 Å². The Morgan fingerprint density at radius 2 is 1.82 bits per heavy atom. The highest BCUT2D eigenvalue weighted by molar-refractivity contribution is 9.10. The Hall–Kier alpha value is -2.88. The van der Waals surface area contributed by atoms with Crippen molar-refractivity contribution in [2.45, 2.75) is 24.8 Å². The molecule has 2 saturated heterocycles. The standard InChI is InChI=1S/C29H36BrN7O/c1-35-13-15-37(16-14-35)20-9-11-36(12-10-20)21-7-8-26(27(17-21)38-2)33-29-32-19-24(30)28(34-29)23-18-31-25-6-4-3-5-22(23)25/h3-8,17,19-20,23,31H,9-16,18H2,1-2H3,(H,32,33,34). The van der Waals surface area contributed by atoms with Gasteiger partial charge >= 0.3 is 0 Å². The van der Waals surface area contributed by atoms with Gasteiger partial charge in [-0.1, -0.05) is 18.2 Å². The Morgan fingerprint density at radius 3 is 2.61 bits per heavy atom. The summed E-state index contributed by atoms with van der Waals surface area (Å²) in [6, 6.07) is 15.5. The summed E-state index contributed by atoms with van der Waals surface area (Å²) >= 11 is 3.68. The van der Waals surface area contributed by atoms with Gasteiger partial charge in [0.2, 0.25) is 5.95 Å². The molecule has 2 N–H and O–H groups in total. The van der Waals surface area contributed by atoms with E-state index in [9.17, 15) is 0 Å². The van der Waals surface area contributed by atoms with E-state index in [2.05, 4.69) is 95.8 Å². The third-order valence-corrected chi connectivity index (χ3v) is 8.86. The van der Waals surface area contributed by atoms with Gasteiger partial charge in [0.1, 0.15) is 5.75 Å². The molecule has 0 saturated carbocycles. The van der Waals surface area contributed by atoms with Crippen LogP contribution in [0.1, 0.15) is 30.0 Å². The summed E-state index contributed by atoms with van der Waals surface area (Å²) in [6.45, 7) is 7.71. The molecular weight excluding hydrogens is 542 g/mol. The Labute approximate surface area is 233 Å². The van der Waals surface area contributed by atoms with E-state index >= 15 is 0 Å². The number of halogens is 1. The van der Waals surface area contributed by atoms with Crippen molar-refractivity contribution in [3.05, 3.63) is 64.4 Å². The van der Waals surface area contributed by atoms with E-state index in [0.29, 0.717) is 12.0 Å². The maximum atomic E-state index is 5.80. The summed E-state index contributed by atoms with van der Waals surface area (Å²) in [5.41, 5.74) is 5.47. The SMILES string of the molecule is COc1cc(N2CCC(N3CCN(C)CC3)CC2)ccc1Nc1ncc(Br)c(C2CNc3ccccc32)n1. The third-order valence-electron chi connectivity index (χ3n) is 8.25. The van der Waals surface area contributed by atoms with E-state index < -0.39 is 0 Å². The van der Waals surface area contributed by atoms with Gasteiger partial charge < -0.3 is 25.2 Å². The molecule has 3 aliphatic heterocycles. The maximum Gasteiger partial charge on any atom is 0.227 e. The summed E-state index contributed by atoms with van der Waals surface area (Å²) < 4.78 is 6.71. The van der Waals surface area contributed by atoms with Crippen LogP contribution in [0.5, 0.6) is 5.75 Å². The lowest BCUT2D eigenvalue weighted by atomic mass is 9.98. The van der Waals surface area contributed by atoms with Crippen LogP contribution in [0.15, 0.2) is 53.1 Å². The second-order valence-electron chi connectivity index (χ2n) is 10.5. The molecule has 1 aromatic heterocycles. The topological polar surface area (TPSA) is 68.8 Å². The number of aromatic nitrogens is 2. The monoisotopic (exact) mass is 577 g/mol. The molecule has 0 bridgehead atoms. The van der Waals surface area contributed by atoms with E-state index in [1.807, 2.05) is 6.20 Å². The van der Waals surface area contributed by atoms with Crippen molar-refractivity contribution >= 4 is 38.9 Å². The van der Waals surface area contributed by atoms with Crippen LogP contribution < -0.4 is 20.3 Å². The number of nitrogens with one attached hydrogen (secondary N) is 2. The van der Waals surface area contributed by atoms with Gasteiger partial charge in [-0.05, 0) is 59.6 Å². The molecule has 38 heavy (non-hydrogen) atoms. The number of nitrogens with zero attached hydrogens (tertiary/aromatic N) is 5. The van der Waals surface area contributed by atoms with Crippen LogP contribution in [-0.2, 0) is 0 Å². The number of methoxy groups -OCH3 is 1. The van der Waals surface area contributed by atoms with E-state index in [1.165, 1.54) is 56.0 Å². The minimum Gasteiger partial charge on any atom is -0.494 e. The largest absolute Gasteiger partial charge is 0.494 e. The summed E-state index contributed by atoms with van der Waals surface area (Å²) in [5, 5.41) is 6.90. The molecule has 2 aromatic carbocycles. The van der Waals surface area contributed by atoms with Gasteiger partial charge in [0.25, 0.3) is 0 Å². The zero-order chi connectivity index (χ0) is 26.1. The highest BCUT2D eigenvalue weighted by Gasteiger charge is 2.28. The molecule has 1 unspecified atom stereocenters. The number of rotatable bonds is 6. The molecule has 1 atom stereocenters. The van der Waals surface area contributed by atoms with Gasteiger partial charge in [0.15, 0.2) is 0 Å². The lowest BCUT2D eigenvalue weighted by Crippen LogP contribution is -2.52. The van der Waals surface area contributed by atoms with Crippen LogP contribution in [0.3, 0.4) is 0 Å². The summed E-state index contributed by atoms with van der Waals surface area (Å²) in [6.07, 6.45) is 4.25. The number of hydrogen-bond acceptors (Lipinski definition) is 8. The predicted molar refractivity (Wildman–Crippen MR) is 157 cm³/mol. The average Bonchev–Trinajstić information content (AvgIpc) is 3.39. The van der Waals surface area contributed by atoms with Crippen molar-refractivity contribution in [1.82, 2.24) is 19.8 Å². The van der Waals surface area contributed by atoms with Crippen LogP contribution in [0.2, 0.25) is 0 Å². The number of piperazine rings is 1. The normalized spacial score (nSPS) is 20.7. The van der Waals surface area contributed by atoms with E-state index in [4.69, 9.17) is 9.72 Å². The minimum absolute atomic E-state index is 0.169. The second-order valence-corrected chi connectivity index (χ2v) is 11.4. The smallest absolute Gasteiger partial charge is 0.227 e. The van der Waals surface area contributed by atoms with Crippen LogP contribution in [0, 0.1) is 0 Å². The molecule has 3 aliphatic rings. The van der Waals surface area contributed by atoms with E-state index in [-0.39, 0.29) is 5.92 Å². The first-order chi connectivity index (χ1) is 18.6. The van der Waals surface area contributed by atoms with Gasteiger partial charge in [0.05, 0.1) is 23.0 Å². The molecule has 0 aliphatic carbocycles. The zero-order valence-electron chi connectivity index (χ0n) is 22.2. The summed E-state index contributed by atoms with van der Waals surface area (Å²) in [5.74, 6) is 1.53. The van der Waals surface area contributed by atoms with Gasteiger partial charge in [0, 0.05) is 81.4 Å². The number of hydrogen-bond donors (Lipinski definition) is 2. The van der Waals surface area contributed by atoms with Crippen LogP contribution in [0.4, 0.5) is 23.0 Å². The van der Waals surface area contributed by atoms with Gasteiger partial charge in [-0.15, -0.1) is 0 Å². The van der Waals surface area contributed by atoms with Crippen LogP contribution in [0.25, 0.3) is 0 Å². The van der Waals surface area contributed by atoms with Gasteiger partial charge in [-0.25, -0.2) is 9.97 Å². The van der Waals surface area contributed by atoms with Crippen molar-refractivity contribution in [1.29, 1.82) is 0 Å². The number of ether oxygens (including phenoxy) is 1. The number of benzene rings is 2. The number of anilines is 4. The fourth-order valence-corrected chi connectivity index (χ4v) is 6.46. The van der Waals surface area contributed by atoms with Crippen molar-refractivity contribution in [2.75, 3.05) is 75.5 Å². The molecular formula is C29H36BrN7O. The summed E-state index contributed by atoms with van der Waals surface area (Å²) in [7, 11) is 3.94. The molecule has 6 rings (SSSR count). The molecule has 0 radical (unpaired) electrons. The lowest BCUT2D eigenvalue weighted by Gasteiger charge is -2.42. The van der Waals surface area contributed by atoms with E-state index in [0.717, 1.165) is 41.2 Å². The van der Waals surface area contributed by atoms with E-state index in [1.54, 1.807) is 7.11 Å². The molecule has 9 heteroatoms. The Morgan fingerprint density at radius 1 is 1.03 bits per heavy atom. The van der Waals surface area contributed by atoms with Crippen LogP contribution >= 0.6 is 15.9 Å². The highest BCUT2D eigenvalue weighted by Crippen LogP contribution is 2.39. The first-order valence-corrected chi connectivity index (χ1v) is 14.4. The number of likely N-dealkylation sites (N-methyl/N-ethyl adjacent to an activating group) is 1. The number of piperidine rings is 1. The van der Waals surface area contributed by atoms with Crippen molar-refractivity contribution in [3.63, 3.8) is 0 Å². The fourth-order valence-electron chi connectivity index (χ4n) is 5.99. The highest BCUT2D eigenvalue weighted by atomic mass is 79.9. The fraction of sp³-hybridized carbons (Fsp3) is 0.448. The first-order valence-electron chi connectivity index (χ1n) is 13.6. The minimum atomic E-state index is 0.169. The second kappa shape index (κ2) is 11.1. The van der Waals surface area contributed by atoms with Crippen molar-refractivity contribution in [3.8, 4) is 5.75 Å². The van der Waals surface area contributed by atoms with Crippen LogP contribution in [-0.4, -0.2) is 85.8 Å². The quantitative estimate of drug-likeness (QED) is 0.434. The Bertz CT molecular complexity index is 1270. The lowest BCUT2D eigenvalue weighted by molar-refractivity contribution is 0.0982. The molecule has 3 aromatic rings. The molecule has 2 fully saturated rings. The first kappa shape index (κ1) is 25.4. The van der Waals surface area contributed by atoms with Crippen molar-refractivity contribution < 1.29 is 4.74 Å². The summed E-state index contributed by atoms with van der Waals surface area (Å²) in [4.78, 5) is 17.1. The molecule has 0 spiro atoms.